The molecule has 18 heavy (non-hydrogen) atoms. The first-order chi connectivity index (χ1) is 8.58. The number of rotatable bonds is 3. The molecule has 0 unspecified atom stereocenters. The first-order valence-electron chi connectivity index (χ1n) is 5.58. The topological polar surface area (TPSA) is 46.9 Å². The Hall–Kier alpha value is -2.17. The van der Waals surface area contributed by atoms with Gasteiger partial charge in [0.1, 0.15) is 11.6 Å². The van der Waals surface area contributed by atoms with Crippen LogP contribution in [0.15, 0.2) is 30.6 Å². The molecule has 0 aliphatic carbocycles. The van der Waals surface area contributed by atoms with Gasteiger partial charge in [-0.25, -0.2) is 9.37 Å². The van der Waals surface area contributed by atoms with Gasteiger partial charge in [0.2, 0.25) is 0 Å². The standard InChI is InChI=1S/C13H14FN3O/c1-9-7-10(3-4-11(9)14)13(18)16-8-12-15-5-6-17(12)2/h3-7H,8H2,1-2H3,(H,16,18). The molecule has 1 aromatic heterocycles. The molecular formula is C13H14FN3O. The van der Waals surface area contributed by atoms with Crippen molar-refractivity contribution in [3.05, 3.63) is 53.4 Å². The van der Waals surface area contributed by atoms with Gasteiger partial charge in [-0.05, 0) is 30.7 Å². The van der Waals surface area contributed by atoms with E-state index in [-0.39, 0.29) is 11.7 Å². The number of nitrogens with one attached hydrogen (secondary N) is 1. The number of imidazole rings is 1. The number of carbonyl (C=O) groups excluding carboxylic acids is 1. The highest BCUT2D eigenvalue weighted by Gasteiger charge is 2.08. The van der Waals surface area contributed by atoms with Crippen molar-refractivity contribution in [2.75, 3.05) is 0 Å². The summed E-state index contributed by atoms with van der Waals surface area (Å²) < 4.78 is 14.9. The van der Waals surface area contributed by atoms with Gasteiger partial charge in [-0.15, -0.1) is 0 Å². The fourth-order valence-electron chi connectivity index (χ4n) is 1.61. The minimum absolute atomic E-state index is 0.235. The Kier molecular flexibility index (Phi) is 3.41. The van der Waals surface area contributed by atoms with Crippen LogP contribution in [0.25, 0.3) is 0 Å². The molecule has 1 aromatic carbocycles. The smallest absolute Gasteiger partial charge is 0.251 e. The number of hydrogen-bond acceptors (Lipinski definition) is 2. The lowest BCUT2D eigenvalue weighted by Gasteiger charge is -2.06. The first-order valence-corrected chi connectivity index (χ1v) is 5.58. The monoisotopic (exact) mass is 247 g/mol. The summed E-state index contributed by atoms with van der Waals surface area (Å²) >= 11 is 0. The number of hydrogen-bond donors (Lipinski definition) is 1. The third kappa shape index (κ3) is 2.56. The number of nitrogens with zero attached hydrogens (tertiary/aromatic N) is 2. The van der Waals surface area contributed by atoms with Crippen molar-refractivity contribution in [2.45, 2.75) is 13.5 Å². The van der Waals surface area contributed by atoms with Gasteiger partial charge in [0.05, 0.1) is 6.54 Å². The first kappa shape index (κ1) is 12.3. The molecule has 5 heteroatoms. The maximum atomic E-state index is 13.1. The van der Waals surface area contributed by atoms with Crippen LogP contribution in [-0.4, -0.2) is 15.5 Å². The third-order valence-corrected chi connectivity index (χ3v) is 2.75. The van der Waals surface area contributed by atoms with E-state index in [0.717, 1.165) is 5.82 Å². The van der Waals surface area contributed by atoms with Gasteiger partial charge < -0.3 is 9.88 Å². The van der Waals surface area contributed by atoms with E-state index in [9.17, 15) is 9.18 Å². The fourth-order valence-corrected chi connectivity index (χ4v) is 1.61. The second-order valence-corrected chi connectivity index (χ2v) is 4.10. The lowest BCUT2D eigenvalue weighted by molar-refractivity contribution is 0.0949. The molecule has 0 spiro atoms. The normalized spacial score (nSPS) is 10.4. The lowest BCUT2D eigenvalue weighted by atomic mass is 10.1. The maximum Gasteiger partial charge on any atom is 0.251 e. The maximum absolute atomic E-state index is 13.1. The molecule has 0 saturated carbocycles. The summed E-state index contributed by atoms with van der Waals surface area (Å²) in [7, 11) is 1.86. The van der Waals surface area contributed by atoms with E-state index in [4.69, 9.17) is 0 Å². The van der Waals surface area contributed by atoms with E-state index in [1.165, 1.54) is 18.2 Å². The lowest BCUT2D eigenvalue weighted by Crippen LogP contribution is -2.24. The van der Waals surface area contributed by atoms with Gasteiger partial charge in [-0.2, -0.15) is 0 Å². The van der Waals surface area contributed by atoms with E-state index < -0.39 is 0 Å². The molecule has 0 fully saturated rings. The van der Waals surface area contributed by atoms with Crippen molar-refractivity contribution in [3.63, 3.8) is 0 Å². The molecule has 94 valence electrons. The summed E-state index contributed by atoms with van der Waals surface area (Å²) in [5, 5.41) is 2.74. The molecule has 0 atom stereocenters. The van der Waals surface area contributed by atoms with Crippen LogP contribution in [0, 0.1) is 12.7 Å². The highest BCUT2D eigenvalue weighted by atomic mass is 19.1. The van der Waals surface area contributed by atoms with Crippen LogP contribution in [0.5, 0.6) is 0 Å². The number of aromatic nitrogens is 2. The van der Waals surface area contributed by atoms with Crippen LogP contribution < -0.4 is 5.32 Å². The van der Waals surface area contributed by atoms with Gasteiger partial charge in [0.15, 0.2) is 0 Å². The van der Waals surface area contributed by atoms with Gasteiger partial charge in [0, 0.05) is 25.0 Å². The molecule has 0 saturated heterocycles. The van der Waals surface area contributed by atoms with Crippen LogP contribution in [0.2, 0.25) is 0 Å². The third-order valence-electron chi connectivity index (χ3n) is 2.75. The minimum Gasteiger partial charge on any atom is -0.345 e. The Balaban J connectivity index is 2.04. The van der Waals surface area contributed by atoms with Gasteiger partial charge >= 0.3 is 0 Å². The van der Waals surface area contributed by atoms with Crippen molar-refractivity contribution in [3.8, 4) is 0 Å². The van der Waals surface area contributed by atoms with Crippen molar-refractivity contribution >= 4 is 5.91 Å². The summed E-state index contributed by atoms with van der Waals surface area (Å²) in [6.07, 6.45) is 3.48. The SMILES string of the molecule is Cc1cc(C(=O)NCc2nccn2C)ccc1F. The van der Waals surface area contributed by atoms with E-state index in [1.54, 1.807) is 13.1 Å². The molecule has 2 aromatic rings. The molecule has 4 nitrogen and oxygen atoms in total. The zero-order valence-electron chi connectivity index (χ0n) is 10.3. The predicted octanol–water partition coefficient (Wildman–Crippen LogP) is 1.80. The summed E-state index contributed by atoms with van der Waals surface area (Å²) in [6.45, 7) is 1.98. The molecule has 0 aliphatic heterocycles. The van der Waals surface area contributed by atoms with Gasteiger partial charge in [0.25, 0.3) is 5.91 Å². The van der Waals surface area contributed by atoms with E-state index in [0.29, 0.717) is 17.7 Å². The summed E-state index contributed by atoms with van der Waals surface area (Å²) in [6, 6.07) is 4.30. The Bertz CT molecular complexity index is 577. The molecule has 0 aliphatic rings. The number of amides is 1. The molecular weight excluding hydrogens is 233 g/mol. The fraction of sp³-hybridized carbons (Fsp3) is 0.231. The van der Waals surface area contributed by atoms with Crippen molar-refractivity contribution in [1.82, 2.24) is 14.9 Å². The molecule has 2 rings (SSSR count). The van der Waals surface area contributed by atoms with Crippen LogP contribution in [-0.2, 0) is 13.6 Å². The highest BCUT2D eigenvalue weighted by Crippen LogP contribution is 2.09. The Morgan fingerprint density at radius 2 is 2.28 bits per heavy atom. The second-order valence-electron chi connectivity index (χ2n) is 4.10. The quantitative estimate of drug-likeness (QED) is 0.899. The van der Waals surface area contributed by atoms with Crippen LogP contribution >= 0.6 is 0 Å². The zero-order chi connectivity index (χ0) is 13.1. The van der Waals surface area contributed by atoms with E-state index >= 15 is 0 Å². The van der Waals surface area contributed by atoms with Gasteiger partial charge in [-0.3, -0.25) is 4.79 Å². The number of carbonyl (C=O) groups is 1. The van der Waals surface area contributed by atoms with E-state index in [2.05, 4.69) is 10.3 Å². The minimum atomic E-state index is -0.310. The van der Waals surface area contributed by atoms with Gasteiger partial charge in [-0.1, -0.05) is 0 Å². The Morgan fingerprint density at radius 1 is 1.50 bits per heavy atom. The van der Waals surface area contributed by atoms with Crippen LogP contribution in [0.3, 0.4) is 0 Å². The Labute approximate surface area is 104 Å². The summed E-state index contributed by atoms with van der Waals surface area (Å²) in [5.74, 6) is 0.221. The highest BCUT2D eigenvalue weighted by molar-refractivity contribution is 5.94. The zero-order valence-corrected chi connectivity index (χ0v) is 10.3. The average Bonchev–Trinajstić information content (AvgIpc) is 2.75. The van der Waals surface area contributed by atoms with E-state index in [1.807, 2.05) is 17.8 Å². The van der Waals surface area contributed by atoms with Crippen molar-refractivity contribution < 1.29 is 9.18 Å². The second kappa shape index (κ2) is 5.00. The predicted molar refractivity (Wildman–Crippen MR) is 65.5 cm³/mol. The molecule has 0 radical (unpaired) electrons. The largest absolute Gasteiger partial charge is 0.345 e. The van der Waals surface area contributed by atoms with Crippen molar-refractivity contribution in [2.24, 2.45) is 7.05 Å². The Morgan fingerprint density at radius 3 is 2.89 bits per heavy atom. The summed E-state index contributed by atoms with van der Waals surface area (Å²) in [4.78, 5) is 15.9. The summed E-state index contributed by atoms with van der Waals surface area (Å²) in [5.41, 5.74) is 0.905. The number of halogens is 1. The van der Waals surface area contributed by atoms with Crippen molar-refractivity contribution in [1.29, 1.82) is 0 Å². The molecule has 1 amide bonds. The van der Waals surface area contributed by atoms with Crippen LogP contribution in [0.1, 0.15) is 21.7 Å². The molecule has 0 bridgehead atoms. The molecule has 1 N–H and O–H groups in total. The number of benzene rings is 1. The molecule has 1 heterocycles. The number of aryl methyl sites for hydroxylation is 2. The average molecular weight is 247 g/mol. The van der Waals surface area contributed by atoms with Crippen LogP contribution in [0.4, 0.5) is 4.39 Å².